The molecule has 3 aromatic rings. The number of hydrogen-bond acceptors (Lipinski definition) is 3. The highest BCUT2D eigenvalue weighted by Crippen LogP contribution is 2.26. The number of rotatable bonds is 4. The van der Waals surface area contributed by atoms with Gasteiger partial charge in [-0.05, 0) is 48.5 Å². The molecule has 7 heteroatoms. The summed E-state index contributed by atoms with van der Waals surface area (Å²) in [6, 6.07) is 23.6. The summed E-state index contributed by atoms with van der Waals surface area (Å²) in [6.07, 6.45) is 0. The van der Waals surface area contributed by atoms with Gasteiger partial charge in [-0.1, -0.05) is 41.9 Å². The quantitative estimate of drug-likeness (QED) is 0.610. The molecule has 2 N–H and O–H groups in total. The van der Waals surface area contributed by atoms with E-state index in [1.165, 1.54) is 0 Å². The minimum absolute atomic E-state index is 0.0147. The van der Waals surface area contributed by atoms with Crippen LogP contribution in [0.3, 0.4) is 0 Å². The molecule has 1 aliphatic rings. The van der Waals surface area contributed by atoms with Crippen LogP contribution in [0, 0.1) is 0 Å². The molecule has 0 aromatic heterocycles. The number of nitrogens with zero attached hydrogens (tertiary/aromatic N) is 2. The Morgan fingerprint density at radius 3 is 1.94 bits per heavy atom. The first-order valence-electron chi connectivity index (χ1n) is 10.1. The topological polar surface area (TPSA) is 64.7 Å². The van der Waals surface area contributed by atoms with E-state index in [1.807, 2.05) is 59.5 Å². The van der Waals surface area contributed by atoms with Crippen molar-refractivity contribution in [1.82, 2.24) is 4.90 Å². The van der Waals surface area contributed by atoms with E-state index in [2.05, 4.69) is 15.5 Å². The lowest BCUT2D eigenvalue weighted by Gasteiger charge is -2.36. The van der Waals surface area contributed by atoms with Gasteiger partial charge in [-0.3, -0.25) is 4.79 Å². The van der Waals surface area contributed by atoms with Crippen LogP contribution in [-0.4, -0.2) is 43.0 Å². The molecule has 31 heavy (non-hydrogen) atoms. The van der Waals surface area contributed by atoms with Gasteiger partial charge >= 0.3 is 6.03 Å². The van der Waals surface area contributed by atoms with Gasteiger partial charge in [0.1, 0.15) is 0 Å². The Morgan fingerprint density at radius 2 is 1.29 bits per heavy atom. The van der Waals surface area contributed by atoms with Crippen LogP contribution in [0.4, 0.5) is 21.9 Å². The van der Waals surface area contributed by atoms with E-state index in [4.69, 9.17) is 11.6 Å². The predicted molar refractivity (Wildman–Crippen MR) is 125 cm³/mol. The number of halogens is 1. The van der Waals surface area contributed by atoms with E-state index in [1.54, 1.807) is 24.3 Å². The van der Waals surface area contributed by atoms with Crippen molar-refractivity contribution in [3.63, 3.8) is 0 Å². The van der Waals surface area contributed by atoms with E-state index in [9.17, 15) is 9.59 Å². The monoisotopic (exact) mass is 434 g/mol. The van der Waals surface area contributed by atoms with E-state index in [-0.39, 0.29) is 11.9 Å². The zero-order valence-electron chi connectivity index (χ0n) is 16.9. The van der Waals surface area contributed by atoms with Crippen molar-refractivity contribution in [2.45, 2.75) is 0 Å². The summed E-state index contributed by atoms with van der Waals surface area (Å²) in [5.74, 6) is -0.0147. The Kier molecular flexibility index (Phi) is 6.38. The lowest BCUT2D eigenvalue weighted by atomic mass is 10.1. The third-order valence-corrected chi connectivity index (χ3v) is 5.50. The number of carbonyl (C=O) groups is 2. The molecular formula is C24H23ClN4O2. The van der Waals surface area contributed by atoms with Gasteiger partial charge in [0.2, 0.25) is 0 Å². The van der Waals surface area contributed by atoms with E-state index < -0.39 is 0 Å². The van der Waals surface area contributed by atoms with Gasteiger partial charge in [0, 0.05) is 43.1 Å². The average Bonchev–Trinajstić information content (AvgIpc) is 2.80. The summed E-state index contributed by atoms with van der Waals surface area (Å²) >= 11 is 6.29. The smallest absolute Gasteiger partial charge is 0.323 e. The van der Waals surface area contributed by atoms with Gasteiger partial charge in [0.05, 0.1) is 10.7 Å². The number of hydrogen-bond donors (Lipinski definition) is 2. The minimum Gasteiger partial charge on any atom is -0.367 e. The average molecular weight is 435 g/mol. The van der Waals surface area contributed by atoms with Crippen molar-refractivity contribution in [3.05, 3.63) is 89.4 Å². The molecule has 3 aromatic carbocycles. The summed E-state index contributed by atoms with van der Waals surface area (Å²) in [7, 11) is 0. The number of anilines is 3. The normalized spacial score (nSPS) is 13.6. The zero-order chi connectivity index (χ0) is 21.6. The molecule has 0 unspecified atom stereocenters. The molecule has 0 bridgehead atoms. The number of para-hydroxylation sites is 2. The van der Waals surface area contributed by atoms with Gasteiger partial charge in [-0.2, -0.15) is 0 Å². The van der Waals surface area contributed by atoms with Gasteiger partial charge in [0.25, 0.3) is 5.91 Å². The SMILES string of the molecule is O=C(Nc1ccccc1)Nc1ccc(C(=O)N2CCN(c3ccccc3Cl)CC2)cc1. The molecule has 4 rings (SSSR count). The molecule has 3 amide bonds. The Bertz CT molecular complexity index is 1050. The third kappa shape index (κ3) is 5.16. The summed E-state index contributed by atoms with van der Waals surface area (Å²) in [5, 5.41) is 6.26. The van der Waals surface area contributed by atoms with Crippen molar-refractivity contribution in [2.24, 2.45) is 0 Å². The number of piperazine rings is 1. The molecule has 1 heterocycles. The molecule has 0 radical (unpaired) electrons. The maximum atomic E-state index is 12.9. The minimum atomic E-state index is -0.332. The number of amides is 3. The highest BCUT2D eigenvalue weighted by molar-refractivity contribution is 6.33. The van der Waals surface area contributed by atoms with E-state index >= 15 is 0 Å². The summed E-state index contributed by atoms with van der Waals surface area (Å²) in [6.45, 7) is 2.72. The Morgan fingerprint density at radius 1 is 0.710 bits per heavy atom. The summed E-state index contributed by atoms with van der Waals surface area (Å²) in [5.41, 5.74) is 2.93. The Labute approximate surface area is 186 Å². The van der Waals surface area contributed by atoms with Gasteiger partial charge in [-0.25, -0.2) is 4.79 Å². The number of benzene rings is 3. The highest BCUT2D eigenvalue weighted by Gasteiger charge is 2.23. The summed E-state index contributed by atoms with van der Waals surface area (Å²) in [4.78, 5) is 29.0. The molecule has 1 fully saturated rings. The van der Waals surface area contributed by atoms with Crippen LogP contribution >= 0.6 is 11.6 Å². The Hall–Kier alpha value is -3.51. The van der Waals surface area contributed by atoms with Crippen LogP contribution in [0.25, 0.3) is 0 Å². The van der Waals surface area contributed by atoms with Crippen molar-refractivity contribution in [1.29, 1.82) is 0 Å². The summed E-state index contributed by atoms with van der Waals surface area (Å²) < 4.78 is 0. The standard InChI is InChI=1S/C24H23ClN4O2/c25-21-8-4-5-9-22(21)28-14-16-29(17-15-28)23(30)18-10-12-20(13-11-18)27-24(31)26-19-6-2-1-3-7-19/h1-13H,14-17H2,(H2,26,27,31). The molecular weight excluding hydrogens is 412 g/mol. The molecule has 0 atom stereocenters. The Balaban J connectivity index is 1.31. The number of nitrogens with one attached hydrogen (secondary N) is 2. The van der Waals surface area contributed by atoms with Crippen molar-refractivity contribution >= 4 is 40.6 Å². The van der Waals surface area contributed by atoms with Crippen LogP contribution in [-0.2, 0) is 0 Å². The lowest BCUT2D eigenvalue weighted by molar-refractivity contribution is 0.0747. The maximum Gasteiger partial charge on any atom is 0.323 e. The molecule has 0 spiro atoms. The fourth-order valence-electron chi connectivity index (χ4n) is 3.55. The van der Waals surface area contributed by atoms with Gasteiger partial charge < -0.3 is 20.4 Å². The first kappa shape index (κ1) is 20.8. The molecule has 158 valence electrons. The highest BCUT2D eigenvalue weighted by atomic mass is 35.5. The van der Waals surface area contributed by atoms with Gasteiger partial charge in [-0.15, -0.1) is 0 Å². The molecule has 1 saturated heterocycles. The molecule has 0 saturated carbocycles. The molecule has 0 aliphatic carbocycles. The van der Waals surface area contributed by atoms with Crippen molar-refractivity contribution < 1.29 is 9.59 Å². The zero-order valence-corrected chi connectivity index (χ0v) is 17.7. The second-order valence-corrected chi connectivity index (χ2v) is 7.66. The van der Waals surface area contributed by atoms with Crippen molar-refractivity contribution in [3.8, 4) is 0 Å². The first-order valence-corrected chi connectivity index (χ1v) is 10.5. The predicted octanol–water partition coefficient (Wildman–Crippen LogP) is 4.95. The van der Waals surface area contributed by atoms with Crippen molar-refractivity contribution in [2.75, 3.05) is 41.7 Å². The van der Waals surface area contributed by atoms with Crippen LogP contribution < -0.4 is 15.5 Å². The van der Waals surface area contributed by atoms with E-state index in [0.29, 0.717) is 30.0 Å². The number of urea groups is 1. The molecule has 1 aliphatic heterocycles. The molecule has 6 nitrogen and oxygen atoms in total. The third-order valence-electron chi connectivity index (χ3n) is 5.18. The van der Waals surface area contributed by atoms with Crippen LogP contribution in [0.2, 0.25) is 5.02 Å². The van der Waals surface area contributed by atoms with Crippen LogP contribution in [0.5, 0.6) is 0 Å². The van der Waals surface area contributed by atoms with E-state index in [0.717, 1.165) is 23.8 Å². The van der Waals surface area contributed by atoms with Gasteiger partial charge in [0.15, 0.2) is 0 Å². The number of carbonyl (C=O) groups excluding carboxylic acids is 2. The second-order valence-electron chi connectivity index (χ2n) is 7.25. The second kappa shape index (κ2) is 9.53. The van der Waals surface area contributed by atoms with Crippen LogP contribution in [0.1, 0.15) is 10.4 Å². The van der Waals surface area contributed by atoms with Crippen LogP contribution in [0.15, 0.2) is 78.9 Å². The largest absolute Gasteiger partial charge is 0.367 e. The fourth-order valence-corrected chi connectivity index (χ4v) is 3.81. The fraction of sp³-hybridized carbons (Fsp3) is 0.167. The maximum absolute atomic E-state index is 12.9. The lowest BCUT2D eigenvalue weighted by Crippen LogP contribution is -2.48. The first-order chi connectivity index (χ1) is 15.1.